The molecule has 0 aromatic heterocycles. The van der Waals surface area contributed by atoms with E-state index in [9.17, 15) is 4.39 Å². The molecule has 0 aliphatic rings. The van der Waals surface area contributed by atoms with E-state index in [1.54, 1.807) is 12.1 Å². The number of hydrogen-bond donors (Lipinski definition) is 1. The summed E-state index contributed by atoms with van der Waals surface area (Å²) in [5.74, 6) is -0.0964. The molecule has 82 valence electrons. The van der Waals surface area contributed by atoms with E-state index < -0.39 is 0 Å². The monoisotopic (exact) mass is 209 g/mol. The number of ether oxygens (including phenoxy) is 1. The largest absolute Gasteiger partial charge is 0.490 e. The van der Waals surface area contributed by atoms with Gasteiger partial charge in [0.25, 0.3) is 0 Å². The maximum absolute atomic E-state index is 13.4. The molecular weight excluding hydrogens is 193 g/mol. The van der Waals surface area contributed by atoms with E-state index in [1.807, 2.05) is 6.92 Å². The van der Waals surface area contributed by atoms with Gasteiger partial charge in [0.1, 0.15) is 0 Å². The topological polar surface area (TPSA) is 35.2 Å². The minimum Gasteiger partial charge on any atom is -0.490 e. The highest BCUT2D eigenvalue weighted by Gasteiger charge is 2.07. The summed E-state index contributed by atoms with van der Waals surface area (Å²) in [5.41, 5.74) is 7.19. The van der Waals surface area contributed by atoms with Gasteiger partial charge in [0.05, 0.1) is 6.61 Å². The fourth-order valence-corrected chi connectivity index (χ4v) is 1.20. The Labute approximate surface area is 89.6 Å². The summed E-state index contributed by atoms with van der Waals surface area (Å²) in [6.07, 6.45) is 0.721. The van der Waals surface area contributed by atoms with Crippen LogP contribution in [0.3, 0.4) is 0 Å². The van der Waals surface area contributed by atoms with E-state index in [0.29, 0.717) is 12.2 Å². The van der Waals surface area contributed by atoms with Gasteiger partial charge in [-0.25, -0.2) is 4.39 Å². The van der Waals surface area contributed by atoms with Gasteiger partial charge in [-0.2, -0.15) is 0 Å². The zero-order valence-corrected chi connectivity index (χ0v) is 8.92. The highest BCUT2D eigenvalue weighted by Crippen LogP contribution is 2.22. The Hall–Kier alpha value is -1.35. The van der Waals surface area contributed by atoms with Crippen LogP contribution in [0.5, 0.6) is 5.75 Å². The smallest absolute Gasteiger partial charge is 0.165 e. The third kappa shape index (κ3) is 3.36. The lowest BCUT2D eigenvalue weighted by molar-refractivity contribution is 0.302. The molecular formula is C12H16FNO. The van der Waals surface area contributed by atoms with Gasteiger partial charge in [0.2, 0.25) is 0 Å². The first-order valence-electron chi connectivity index (χ1n) is 4.89. The first kappa shape index (κ1) is 11.7. The second-order valence-electron chi connectivity index (χ2n) is 3.49. The lowest BCUT2D eigenvalue weighted by Crippen LogP contribution is -2.05. The van der Waals surface area contributed by atoms with E-state index in [0.717, 1.165) is 12.0 Å². The van der Waals surface area contributed by atoms with Gasteiger partial charge in [0.15, 0.2) is 11.6 Å². The van der Waals surface area contributed by atoms with Gasteiger partial charge >= 0.3 is 0 Å². The zero-order valence-electron chi connectivity index (χ0n) is 8.92. The lowest BCUT2D eigenvalue weighted by Gasteiger charge is -2.10. The summed E-state index contributed by atoms with van der Waals surface area (Å²) in [7, 11) is 0. The molecule has 0 amide bonds. The minimum absolute atomic E-state index is 0.265. The van der Waals surface area contributed by atoms with Crippen molar-refractivity contribution < 1.29 is 9.13 Å². The van der Waals surface area contributed by atoms with E-state index in [4.69, 9.17) is 10.5 Å². The second kappa shape index (κ2) is 5.51. The van der Waals surface area contributed by atoms with E-state index in [2.05, 4.69) is 6.58 Å². The molecule has 0 saturated heterocycles. The summed E-state index contributed by atoms with van der Waals surface area (Å²) in [6.45, 7) is 6.38. The fourth-order valence-electron chi connectivity index (χ4n) is 1.20. The van der Waals surface area contributed by atoms with Crippen molar-refractivity contribution in [2.75, 3.05) is 6.61 Å². The average molecular weight is 209 g/mol. The van der Waals surface area contributed by atoms with Gasteiger partial charge in [-0.1, -0.05) is 17.7 Å². The van der Waals surface area contributed by atoms with Crippen molar-refractivity contribution in [3.05, 3.63) is 41.7 Å². The van der Waals surface area contributed by atoms with Crippen molar-refractivity contribution in [3.63, 3.8) is 0 Å². The highest BCUT2D eigenvalue weighted by molar-refractivity contribution is 5.34. The quantitative estimate of drug-likeness (QED) is 0.756. The van der Waals surface area contributed by atoms with Gasteiger partial charge < -0.3 is 10.5 Å². The Kier molecular flexibility index (Phi) is 4.31. The molecule has 0 atom stereocenters. The van der Waals surface area contributed by atoms with Crippen LogP contribution in [0.15, 0.2) is 30.4 Å². The molecule has 1 aromatic rings. The Morgan fingerprint density at radius 2 is 2.27 bits per heavy atom. The first-order valence-corrected chi connectivity index (χ1v) is 4.89. The molecule has 2 N–H and O–H groups in total. The average Bonchev–Trinajstić information content (AvgIpc) is 2.20. The van der Waals surface area contributed by atoms with Gasteiger partial charge in [-0.05, 0) is 13.0 Å². The van der Waals surface area contributed by atoms with E-state index in [1.165, 1.54) is 6.07 Å². The van der Waals surface area contributed by atoms with Crippen LogP contribution < -0.4 is 10.5 Å². The van der Waals surface area contributed by atoms with Crippen LogP contribution in [-0.2, 0) is 6.54 Å². The minimum atomic E-state index is -0.361. The van der Waals surface area contributed by atoms with Crippen molar-refractivity contribution in [2.24, 2.45) is 5.73 Å². The summed E-state index contributed by atoms with van der Waals surface area (Å²) in [4.78, 5) is 0. The molecule has 0 aliphatic heterocycles. The third-order valence-corrected chi connectivity index (χ3v) is 2.04. The van der Waals surface area contributed by atoms with Crippen LogP contribution in [0.2, 0.25) is 0 Å². The Morgan fingerprint density at radius 1 is 1.53 bits per heavy atom. The molecule has 3 heteroatoms. The van der Waals surface area contributed by atoms with E-state index in [-0.39, 0.29) is 18.1 Å². The third-order valence-electron chi connectivity index (χ3n) is 2.04. The molecule has 2 nitrogen and oxygen atoms in total. The van der Waals surface area contributed by atoms with Gasteiger partial charge in [-0.15, -0.1) is 6.58 Å². The van der Waals surface area contributed by atoms with Crippen molar-refractivity contribution in [1.29, 1.82) is 0 Å². The molecule has 15 heavy (non-hydrogen) atoms. The number of nitrogens with two attached hydrogens (primary N) is 1. The second-order valence-corrected chi connectivity index (χ2v) is 3.49. The molecule has 0 radical (unpaired) electrons. The van der Waals surface area contributed by atoms with E-state index >= 15 is 0 Å². The summed E-state index contributed by atoms with van der Waals surface area (Å²) in [6, 6.07) is 4.76. The number of benzene rings is 1. The lowest BCUT2D eigenvalue weighted by atomic mass is 10.2. The van der Waals surface area contributed by atoms with Crippen molar-refractivity contribution in [2.45, 2.75) is 19.9 Å². The molecule has 0 unspecified atom stereocenters. The van der Waals surface area contributed by atoms with Gasteiger partial charge in [-0.3, -0.25) is 0 Å². The molecule has 1 aromatic carbocycles. The standard InChI is InChI=1S/C12H16FNO/c1-9(2)6-7-15-12-10(8-14)4-3-5-11(12)13/h3-5H,1,6-8,14H2,2H3. The summed E-state index contributed by atoms with van der Waals surface area (Å²) < 4.78 is 18.7. The number of halogens is 1. The fraction of sp³-hybridized carbons (Fsp3) is 0.333. The van der Waals surface area contributed by atoms with Crippen LogP contribution >= 0.6 is 0 Å². The van der Waals surface area contributed by atoms with Crippen molar-refractivity contribution in [1.82, 2.24) is 0 Å². The van der Waals surface area contributed by atoms with Crippen LogP contribution in [0.25, 0.3) is 0 Å². The first-order chi connectivity index (χ1) is 7.15. The number of para-hydroxylation sites is 1. The normalized spacial score (nSPS) is 10.1. The Morgan fingerprint density at radius 3 is 2.87 bits per heavy atom. The zero-order chi connectivity index (χ0) is 11.3. The van der Waals surface area contributed by atoms with Gasteiger partial charge in [0, 0.05) is 18.5 Å². The van der Waals surface area contributed by atoms with Crippen LogP contribution in [0, 0.1) is 5.82 Å². The van der Waals surface area contributed by atoms with Crippen LogP contribution in [0.4, 0.5) is 4.39 Å². The number of hydrogen-bond acceptors (Lipinski definition) is 2. The molecule has 0 saturated carbocycles. The molecule has 0 bridgehead atoms. The summed E-state index contributed by atoms with van der Waals surface area (Å²) in [5, 5.41) is 0. The molecule has 0 heterocycles. The molecule has 1 rings (SSSR count). The Bertz CT molecular complexity index is 349. The predicted molar refractivity (Wildman–Crippen MR) is 59.2 cm³/mol. The van der Waals surface area contributed by atoms with Crippen LogP contribution in [0.1, 0.15) is 18.9 Å². The van der Waals surface area contributed by atoms with Crippen molar-refractivity contribution in [3.8, 4) is 5.75 Å². The maximum Gasteiger partial charge on any atom is 0.165 e. The molecule has 0 fully saturated rings. The Balaban J connectivity index is 2.70. The molecule has 0 aliphatic carbocycles. The SMILES string of the molecule is C=C(C)CCOc1c(F)cccc1CN. The van der Waals surface area contributed by atoms with Crippen LogP contribution in [-0.4, -0.2) is 6.61 Å². The highest BCUT2D eigenvalue weighted by atomic mass is 19.1. The summed E-state index contributed by atoms with van der Waals surface area (Å²) >= 11 is 0. The van der Waals surface area contributed by atoms with Crippen molar-refractivity contribution >= 4 is 0 Å². The molecule has 0 spiro atoms. The number of rotatable bonds is 5. The predicted octanol–water partition coefficient (Wildman–Crippen LogP) is 2.63. The maximum atomic E-state index is 13.4.